The molecule has 8 heteroatoms. The van der Waals surface area contributed by atoms with E-state index in [1.807, 2.05) is 24.3 Å². The van der Waals surface area contributed by atoms with Crippen LogP contribution in [0, 0.1) is 0 Å². The number of carbonyl (C=O) groups excluding carboxylic acids is 3. The minimum absolute atomic E-state index is 0.109. The fourth-order valence-electron chi connectivity index (χ4n) is 2.42. The Balaban J connectivity index is 1.76. The Hall–Kier alpha value is -3.13. The molecule has 2 aromatic rings. The van der Waals surface area contributed by atoms with E-state index in [2.05, 4.69) is 31.9 Å². The molecule has 0 saturated carbocycles. The van der Waals surface area contributed by atoms with Crippen molar-refractivity contribution in [1.29, 1.82) is 0 Å². The second kappa shape index (κ2) is 11.3. The quantitative estimate of drug-likeness (QED) is 0.481. The normalized spacial score (nSPS) is 11.1. The third-order valence-corrected chi connectivity index (χ3v) is 4.23. The minimum atomic E-state index is -0.585. The van der Waals surface area contributed by atoms with Gasteiger partial charge in [0.15, 0.2) is 0 Å². The lowest BCUT2D eigenvalue weighted by atomic mass is 10.2. The lowest BCUT2D eigenvalue weighted by Gasteiger charge is -2.19. The molecule has 0 spiro atoms. The molecule has 0 fully saturated rings. The van der Waals surface area contributed by atoms with Crippen LogP contribution in [0.4, 0.5) is 16.2 Å². The van der Waals surface area contributed by atoms with Crippen LogP contribution in [0.15, 0.2) is 59.1 Å². The number of alkyl carbamates (subject to hydrolysis) is 1. The first-order chi connectivity index (χ1) is 14.6. The van der Waals surface area contributed by atoms with Gasteiger partial charge in [-0.2, -0.15) is 0 Å². The Bertz CT molecular complexity index is 950. The molecule has 2 aromatic carbocycles. The molecule has 0 aliphatic carbocycles. The van der Waals surface area contributed by atoms with Crippen LogP contribution in [-0.2, 0) is 14.3 Å². The standard InChI is InChI=1S/C23H26BrN3O4/c1-23(2,3)31-22(30)25-14-13-21(29)27-19-10-8-18(9-11-19)26-20(28)12-7-16-5-4-6-17(24)15-16/h4-12,15H,13-14H2,1-3H3,(H,25,30)(H,26,28)(H,27,29)/b12-7+. The van der Waals surface area contributed by atoms with E-state index in [9.17, 15) is 14.4 Å². The lowest BCUT2D eigenvalue weighted by Crippen LogP contribution is -2.34. The highest BCUT2D eigenvalue weighted by atomic mass is 79.9. The van der Waals surface area contributed by atoms with Crippen molar-refractivity contribution in [3.63, 3.8) is 0 Å². The maximum absolute atomic E-state index is 12.1. The van der Waals surface area contributed by atoms with Gasteiger partial charge in [0.25, 0.3) is 0 Å². The van der Waals surface area contributed by atoms with Gasteiger partial charge in [-0.05, 0) is 68.8 Å². The van der Waals surface area contributed by atoms with Crippen LogP contribution < -0.4 is 16.0 Å². The fraction of sp³-hybridized carbons (Fsp3) is 0.261. The summed E-state index contributed by atoms with van der Waals surface area (Å²) in [4.78, 5) is 35.6. The zero-order valence-electron chi connectivity index (χ0n) is 17.7. The van der Waals surface area contributed by atoms with Crippen LogP contribution in [0.5, 0.6) is 0 Å². The topological polar surface area (TPSA) is 96.5 Å². The van der Waals surface area contributed by atoms with Gasteiger partial charge in [0, 0.05) is 34.9 Å². The molecule has 3 amide bonds. The van der Waals surface area contributed by atoms with Crippen LogP contribution in [0.25, 0.3) is 6.08 Å². The summed E-state index contributed by atoms with van der Waals surface area (Å²) in [5, 5.41) is 8.03. The zero-order chi connectivity index (χ0) is 22.9. The number of hydrogen-bond acceptors (Lipinski definition) is 4. The monoisotopic (exact) mass is 487 g/mol. The predicted octanol–water partition coefficient (Wildman–Crippen LogP) is 4.95. The lowest BCUT2D eigenvalue weighted by molar-refractivity contribution is -0.116. The molecular formula is C23H26BrN3O4. The van der Waals surface area contributed by atoms with Gasteiger partial charge in [-0.15, -0.1) is 0 Å². The largest absolute Gasteiger partial charge is 0.444 e. The molecule has 0 aliphatic heterocycles. The summed E-state index contributed by atoms with van der Waals surface area (Å²) in [6, 6.07) is 14.4. The highest BCUT2D eigenvalue weighted by Crippen LogP contribution is 2.15. The molecule has 31 heavy (non-hydrogen) atoms. The first-order valence-electron chi connectivity index (χ1n) is 9.72. The number of rotatable bonds is 7. The number of benzene rings is 2. The summed E-state index contributed by atoms with van der Waals surface area (Å²) < 4.78 is 6.05. The van der Waals surface area contributed by atoms with Gasteiger partial charge in [0.1, 0.15) is 5.60 Å². The molecule has 0 heterocycles. The van der Waals surface area contributed by atoms with Gasteiger partial charge in [0.2, 0.25) is 11.8 Å². The van der Waals surface area contributed by atoms with E-state index in [0.29, 0.717) is 11.4 Å². The fourth-order valence-corrected chi connectivity index (χ4v) is 2.84. The van der Waals surface area contributed by atoms with Crippen molar-refractivity contribution in [3.8, 4) is 0 Å². The number of halogens is 1. The first kappa shape index (κ1) is 24.1. The zero-order valence-corrected chi connectivity index (χ0v) is 19.3. The van der Waals surface area contributed by atoms with Gasteiger partial charge in [-0.25, -0.2) is 4.79 Å². The molecular weight excluding hydrogens is 462 g/mol. The molecule has 0 bridgehead atoms. The van der Waals surface area contributed by atoms with Crippen molar-refractivity contribution in [2.24, 2.45) is 0 Å². The predicted molar refractivity (Wildman–Crippen MR) is 126 cm³/mol. The highest BCUT2D eigenvalue weighted by molar-refractivity contribution is 9.10. The van der Waals surface area contributed by atoms with Crippen molar-refractivity contribution >= 4 is 51.3 Å². The van der Waals surface area contributed by atoms with Crippen molar-refractivity contribution in [2.75, 3.05) is 17.2 Å². The summed E-state index contributed by atoms with van der Waals surface area (Å²) >= 11 is 3.39. The maximum atomic E-state index is 12.1. The number of hydrogen-bond donors (Lipinski definition) is 3. The molecule has 164 valence electrons. The first-order valence-corrected chi connectivity index (χ1v) is 10.5. The van der Waals surface area contributed by atoms with Crippen LogP contribution in [0.2, 0.25) is 0 Å². The van der Waals surface area contributed by atoms with Crippen LogP contribution in [0.3, 0.4) is 0 Å². The van der Waals surface area contributed by atoms with Gasteiger partial charge in [0.05, 0.1) is 0 Å². The van der Waals surface area contributed by atoms with E-state index in [1.165, 1.54) is 6.08 Å². The molecule has 0 atom stereocenters. The Morgan fingerprint density at radius 2 is 1.65 bits per heavy atom. The number of nitrogens with one attached hydrogen (secondary N) is 3. The Morgan fingerprint density at radius 1 is 1.00 bits per heavy atom. The third-order valence-electron chi connectivity index (χ3n) is 3.73. The van der Waals surface area contributed by atoms with Gasteiger partial charge in [-0.3, -0.25) is 9.59 Å². The van der Waals surface area contributed by atoms with E-state index >= 15 is 0 Å². The average Bonchev–Trinajstić information content (AvgIpc) is 2.66. The Labute approximate surface area is 190 Å². The molecule has 2 rings (SSSR count). The highest BCUT2D eigenvalue weighted by Gasteiger charge is 2.15. The van der Waals surface area contributed by atoms with Crippen molar-refractivity contribution in [1.82, 2.24) is 5.32 Å². The van der Waals surface area contributed by atoms with Crippen molar-refractivity contribution in [3.05, 3.63) is 64.6 Å². The SMILES string of the molecule is CC(C)(C)OC(=O)NCCC(=O)Nc1ccc(NC(=O)/C=C/c2cccc(Br)c2)cc1. The van der Waals surface area contributed by atoms with E-state index in [4.69, 9.17) is 4.74 Å². The third kappa shape index (κ3) is 9.95. The van der Waals surface area contributed by atoms with E-state index in [-0.39, 0.29) is 24.8 Å². The molecule has 0 aliphatic rings. The molecule has 7 nitrogen and oxygen atoms in total. The Kier molecular flexibility index (Phi) is 8.81. The Morgan fingerprint density at radius 3 is 2.26 bits per heavy atom. The molecule has 3 N–H and O–H groups in total. The van der Waals surface area contributed by atoms with Gasteiger partial charge in [-0.1, -0.05) is 28.1 Å². The molecule has 0 aromatic heterocycles. The summed E-state index contributed by atoms with van der Waals surface area (Å²) in [7, 11) is 0. The number of carbonyl (C=O) groups is 3. The molecule has 0 saturated heterocycles. The maximum Gasteiger partial charge on any atom is 0.407 e. The van der Waals surface area contributed by atoms with Crippen LogP contribution in [-0.4, -0.2) is 30.1 Å². The second-order valence-electron chi connectivity index (χ2n) is 7.68. The number of anilines is 2. The van der Waals surface area contributed by atoms with Crippen LogP contribution >= 0.6 is 15.9 Å². The smallest absolute Gasteiger partial charge is 0.407 e. The second-order valence-corrected chi connectivity index (χ2v) is 8.60. The number of ether oxygens (including phenoxy) is 1. The van der Waals surface area contributed by atoms with E-state index in [0.717, 1.165) is 10.0 Å². The summed E-state index contributed by atoms with van der Waals surface area (Å²) in [5.74, 6) is -0.505. The molecule has 0 radical (unpaired) electrons. The van der Waals surface area contributed by atoms with Gasteiger partial charge >= 0.3 is 6.09 Å². The summed E-state index contributed by atoms with van der Waals surface area (Å²) in [6.45, 7) is 5.47. The van der Waals surface area contributed by atoms with Crippen LogP contribution in [0.1, 0.15) is 32.8 Å². The van der Waals surface area contributed by atoms with Crippen molar-refractivity contribution < 1.29 is 19.1 Å². The molecule has 0 unspecified atom stereocenters. The van der Waals surface area contributed by atoms with E-state index in [1.54, 1.807) is 51.1 Å². The van der Waals surface area contributed by atoms with Gasteiger partial charge < -0.3 is 20.7 Å². The average molecular weight is 488 g/mol. The summed E-state index contributed by atoms with van der Waals surface area (Å²) in [5.41, 5.74) is 1.51. The van der Waals surface area contributed by atoms with E-state index < -0.39 is 11.7 Å². The summed E-state index contributed by atoms with van der Waals surface area (Å²) in [6.07, 6.45) is 2.72. The minimum Gasteiger partial charge on any atom is -0.444 e. The number of amides is 3. The van der Waals surface area contributed by atoms with Crippen molar-refractivity contribution in [2.45, 2.75) is 32.8 Å².